The van der Waals surface area contributed by atoms with Crippen LogP contribution in [0, 0.1) is 0 Å². The summed E-state index contributed by atoms with van der Waals surface area (Å²) in [6, 6.07) is 25.4. The minimum Gasteiger partial charge on any atom is -0.446 e. The molecule has 3 aromatic rings. The maximum Gasteiger partial charge on any atom is 0.408 e. The number of piperidine rings is 1. The van der Waals surface area contributed by atoms with Crippen LogP contribution in [-0.2, 0) is 11.3 Å². The summed E-state index contributed by atoms with van der Waals surface area (Å²) in [5.41, 5.74) is 16.1. The predicted octanol–water partition coefficient (Wildman–Crippen LogP) is 4.33. The Morgan fingerprint density at radius 3 is 2.06 bits per heavy atom. The zero-order valence-electron chi connectivity index (χ0n) is 18.1. The first-order chi connectivity index (χ1) is 15.6. The lowest BCUT2D eigenvalue weighted by molar-refractivity contribution is 0.0476. The molecule has 5 N–H and O–H groups in total. The Kier molecular flexibility index (Phi) is 6.92. The average Bonchev–Trinajstić information content (AvgIpc) is 2.82. The summed E-state index contributed by atoms with van der Waals surface area (Å²) in [5.74, 6) is 0. The van der Waals surface area contributed by atoms with Crippen molar-refractivity contribution in [2.24, 2.45) is 0 Å². The van der Waals surface area contributed by atoms with Crippen LogP contribution in [0.25, 0.3) is 0 Å². The fourth-order valence-electron chi connectivity index (χ4n) is 4.12. The fraction of sp³-hybridized carbons (Fsp3) is 0.269. The van der Waals surface area contributed by atoms with Gasteiger partial charge in [0.1, 0.15) is 6.10 Å². The topological polar surface area (TPSA) is 93.6 Å². The van der Waals surface area contributed by atoms with Crippen molar-refractivity contribution in [3.63, 3.8) is 0 Å². The number of carbonyl (C=O) groups excluding carboxylic acids is 1. The molecule has 0 bridgehead atoms. The summed E-state index contributed by atoms with van der Waals surface area (Å²) in [6.07, 6.45) is 1.14. The first-order valence-electron chi connectivity index (χ1n) is 11.0. The molecule has 0 unspecified atom stereocenters. The normalized spacial score (nSPS) is 14.9. The highest BCUT2D eigenvalue weighted by Gasteiger charge is 2.24. The molecule has 0 aromatic heterocycles. The third kappa shape index (κ3) is 5.59. The number of hydrogen-bond acceptors (Lipinski definition) is 5. The van der Waals surface area contributed by atoms with Crippen LogP contribution >= 0.6 is 0 Å². The number of anilines is 2. The molecule has 1 heterocycles. The molecular weight excluding hydrogens is 400 g/mol. The van der Waals surface area contributed by atoms with E-state index in [0.29, 0.717) is 11.4 Å². The molecule has 0 spiro atoms. The monoisotopic (exact) mass is 430 g/mol. The number of nitrogens with zero attached hydrogens (tertiary/aromatic N) is 1. The summed E-state index contributed by atoms with van der Waals surface area (Å²) < 4.78 is 5.78. The zero-order valence-corrected chi connectivity index (χ0v) is 18.1. The molecule has 0 atom stereocenters. The van der Waals surface area contributed by atoms with Gasteiger partial charge in [-0.2, -0.15) is 0 Å². The highest BCUT2D eigenvalue weighted by atomic mass is 16.6. The largest absolute Gasteiger partial charge is 0.446 e. The Bertz CT molecular complexity index is 979. The van der Waals surface area contributed by atoms with Crippen LogP contribution in [0.4, 0.5) is 16.2 Å². The van der Waals surface area contributed by atoms with Gasteiger partial charge in [-0.1, -0.05) is 66.7 Å². The second-order valence-corrected chi connectivity index (χ2v) is 8.24. The molecule has 6 nitrogen and oxygen atoms in total. The number of benzene rings is 3. The number of likely N-dealkylation sites (tertiary alicyclic amines) is 1. The van der Waals surface area contributed by atoms with Crippen molar-refractivity contribution in [2.75, 3.05) is 24.6 Å². The summed E-state index contributed by atoms with van der Waals surface area (Å²) in [7, 11) is 0. The van der Waals surface area contributed by atoms with Gasteiger partial charge in [-0.05, 0) is 41.7 Å². The van der Waals surface area contributed by atoms with E-state index in [2.05, 4.69) is 10.2 Å². The SMILES string of the molecule is Nc1ccc(CN2CCC(OC(=O)NC(c3ccccc3)c3ccccc3)CC2)cc1N. The van der Waals surface area contributed by atoms with Gasteiger partial charge in [0, 0.05) is 19.6 Å². The molecule has 1 aliphatic rings. The molecule has 1 aliphatic heterocycles. The fourth-order valence-corrected chi connectivity index (χ4v) is 4.12. The number of ether oxygens (including phenoxy) is 1. The number of rotatable bonds is 6. The molecule has 4 rings (SSSR count). The smallest absolute Gasteiger partial charge is 0.408 e. The number of nitrogens with one attached hydrogen (secondary N) is 1. The number of nitrogens with two attached hydrogens (primary N) is 2. The molecule has 6 heteroatoms. The van der Waals surface area contributed by atoms with E-state index in [4.69, 9.17) is 16.2 Å². The quantitative estimate of drug-likeness (QED) is 0.506. The third-order valence-corrected chi connectivity index (χ3v) is 5.89. The second kappa shape index (κ2) is 10.2. The number of nitrogen functional groups attached to an aromatic ring is 2. The Hall–Kier alpha value is -3.51. The Morgan fingerprint density at radius 1 is 0.906 bits per heavy atom. The van der Waals surface area contributed by atoms with Gasteiger partial charge in [-0.15, -0.1) is 0 Å². The standard InChI is InChI=1S/C26H30N4O2/c27-23-12-11-19(17-24(23)28)18-30-15-13-22(14-16-30)32-26(31)29-25(20-7-3-1-4-8-20)21-9-5-2-6-10-21/h1-12,17,22,25H,13-16,18,27-28H2,(H,29,31). The maximum absolute atomic E-state index is 12.7. The van der Waals surface area contributed by atoms with Gasteiger partial charge in [0.05, 0.1) is 17.4 Å². The highest BCUT2D eigenvalue weighted by molar-refractivity contribution is 5.69. The van der Waals surface area contributed by atoms with Crippen molar-refractivity contribution in [3.05, 3.63) is 95.6 Å². The van der Waals surface area contributed by atoms with Crippen molar-refractivity contribution in [1.82, 2.24) is 10.2 Å². The average molecular weight is 431 g/mol. The van der Waals surface area contributed by atoms with E-state index in [-0.39, 0.29) is 18.2 Å². The van der Waals surface area contributed by atoms with Gasteiger partial charge in [-0.3, -0.25) is 4.90 Å². The molecule has 32 heavy (non-hydrogen) atoms. The summed E-state index contributed by atoms with van der Waals surface area (Å²) in [5, 5.41) is 3.06. The summed E-state index contributed by atoms with van der Waals surface area (Å²) >= 11 is 0. The van der Waals surface area contributed by atoms with Gasteiger partial charge in [-0.25, -0.2) is 4.79 Å². The molecule has 1 saturated heterocycles. The number of hydrogen-bond donors (Lipinski definition) is 3. The molecule has 1 amide bonds. The van der Waals surface area contributed by atoms with E-state index < -0.39 is 0 Å². The van der Waals surface area contributed by atoms with Crippen molar-refractivity contribution in [2.45, 2.75) is 31.5 Å². The Labute approximate surface area is 189 Å². The van der Waals surface area contributed by atoms with Gasteiger partial charge in [0.25, 0.3) is 0 Å². The van der Waals surface area contributed by atoms with E-state index in [1.165, 1.54) is 0 Å². The minimum absolute atomic E-state index is 0.0880. The predicted molar refractivity (Wildman–Crippen MR) is 128 cm³/mol. The van der Waals surface area contributed by atoms with Crippen LogP contribution in [0.2, 0.25) is 0 Å². The molecule has 166 valence electrons. The van der Waals surface area contributed by atoms with Crippen molar-refractivity contribution in [3.8, 4) is 0 Å². The first-order valence-corrected chi connectivity index (χ1v) is 11.0. The summed E-state index contributed by atoms with van der Waals surface area (Å²) in [6.45, 7) is 2.54. The molecule has 0 saturated carbocycles. The van der Waals surface area contributed by atoms with Crippen LogP contribution in [-0.4, -0.2) is 30.2 Å². The van der Waals surface area contributed by atoms with Crippen molar-refractivity contribution < 1.29 is 9.53 Å². The van der Waals surface area contributed by atoms with E-state index in [1.807, 2.05) is 78.9 Å². The number of amides is 1. The van der Waals surface area contributed by atoms with E-state index >= 15 is 0 Å². The Morgan fingerprint density at radius 2 is 1.50 bits per heavy atom. The summed E-state index contributed by atoms with van der Waals surface area (Å²) in [4.78, 5) is 15.1. The van der Waals surface area contributed by atoms with E-state index in [0.717, 1.165) is 49.2 Å². The van der Waals surface area contributed by atoms with Gasteiger partial charge in [0.15, 0.2) is 0 Å². The molecular formula is C26H30N4O2. The lowest BCUT2D eigenvalue weighted by Gasteiger charge is -2.32. The lowest BCUT2D eigenvalue weighted by atomic mass is 9.99. The first kappa shape index (κ1) is 21.7. The Balaban J connectivity index is 1.31. The van der Waals surface area contributed by atoms with Crippen molar-refractivity contribution >= 4 is 17.5 Å². The van der Waals surface area contributed by atoms with Crippen LogP contribution in [0.15, 0.2) is 78.9 Å². The molecule has 3 aromatic carbocycles. The van der Waals surface area contributed by atoms with Crippen LogP contribution < -0.4 is 16.8 Å². The second-order valence-electron chi connectivity index (χ2n) is 8.24. The number of carbonyl (C=O) groups is 1. The van der Waals surface area contributed by atoms with E-state index in [9.17, 15) is 4.79 Å². The highest BCUT2D eigenvalue weighted by Crippen LogP contribution is 2.23. The molecule has 0 aliphatic carbocycles. The third-order valence-electron chi connectivity index (χ3n) is 5.89. The van der Waals surface area contributed by atoms with Gasteiger partial charge < -0.3 is 21.5 Å². The van der Waals surface area contributed by atoms with Crippen molar-refractivity contribution in [1.29, 1.82) is 0 Å². The zero-order chi connectivity index (χ0) is 22.3. The number of alkyl carbamates (subject to hydrolysis) is 1. The molecule has 0 radical (unpaired) electrons. The van der Waals surface area contributed by atoms with E-state index in [1.54, 1.807) is 0 Å². The van der Waals surface area contributed by atoms with Crippen LogP contribution in [0.5, 0.6) is 0 Å². The van der Waals surface area contributed by atoms with Gasteiger partial charge >= 0.3 is 6.09 Å². The molecule has 1 fully saturated rings. The van der Waals surface area contributed by atoms with Crippen LogP contribution in [0.1, 0.15) is 35.6 Å². The maximum atomic E-state index is 12.7. The minimum atomic E-state index is -0.382. The lowest BCUT2D eigenvalue weighted by Crippen LogP contribution is -2.40. The van der Waals surface area contributed by atoms with Gasteiger partial charge in [0.2, 0.25) is 0 Å². The van der Waals surface area contributed by atoms with Crippen LogP contribution in [0.3, 0.4) is 0 Å².